The molecule has 27 heavy (non-hydrogen) atoms. The summed E-state index contributed by atoms with van der Waals surface area (Å²) in [7, 11) is 0. The van der Waals surface area contributed by atoms with E-state index >= 15 is 0 Å². The first-order chi connectivity index (χ1) is 12.7. The Morgan fingerprint density at radius 3 is 2.74 bits per heavy atom. The highest BCUT2D eigenvalue weighted by atomic mass is 16.6. The van der Waals surface area contributed by atoms with E-state index in [1.807, 2.05) is 19.1 Å². The third kappa shape index (κ3) is 7.82. The zero-order valence-electron chi connectivity index (χ0n) is 16.6. The second-order valence-electron chi connectivity index (χ2n) is 7.61. The van der Waals surface area contributed by atoms with Gasteiger partial charge in [0.1, 0.15) is 11.4 Å². The first kappa shape index (κ1) is 21.0. The van der Waals surface area contributed by atoms with Crippen LogP contribution in [0.5, 0.6) is 0 Å². The molecule has 0 bridgehead atoms. The molecule has 1 aromatic heterocycles. The number of morpholine rings is 1. The molecule has 2 rings (SSSR count). The van der Waals surface area contributed by atoms with Crippen LogP contribution >= 0.6 is 0 Å². The Bertz CT molecular complexity index is 628. The van der Waals surface area contributed by atoms with Gasteiger partial charge in [-0.1, -0.05) is 6.07 Å². The first-order valence-corrected chi connectivity index (χ1v) is 9.28. The predicted molar refractivity (Wildman–Crippen MR) is 103 cm³/mol. The number of carbonyl (C=O) groups excluding carboxylic acids is 2. The minimum Gasteiger partial charge on any atom is -0.444 e. The molecule has 2 N–H and O–H groups in total. The number of hydrogen-bond acceptors (Lipinski definition) is 6. The van der Waals surface area contributed by atoms with E-state index in [-0.39, 0.29) is 25.0 Å². The molecule has 0 aromatic carbocycles. The van der Waals surface area contributed by atoms with Crippen molar-refractivity contribution in [2.24, 2.45) is 0 Å². The molecule has 1 atom stereocenters. The molecule has 0 radical (unpaired) electrons. The number of pyridine rings is 1. The van der Waals surface area contributed by atoms with Crippen molar-refractivity contribution < 1.29 is 19.1 Å². The summed E-state index contributed by atoms with van der Waals surface area (Å²) in [6.07, 6.45) is 1.65. The lowest BCUT2D eigenvalue weighted by atomic mass is 10.2. The van der Waals surface area contributed by atoms with Gasteiger partial charge in [0.05, 0.1) is 12.7 Å². The van der Waals surface area contributed by atoms with Gasteiger partial charge in [0.15, 0.2) is 0 Å². The second kappa shape index (κ2) is 9.55. The number of aromatic nitrogens is 1. The molecule has 0 saturated carbocycles. The van der Waals surface area contributed by atoms with Gasteiger partial charge in [0.25, 0.3) is 0 Å². The van der Waals surface area contributed by atoms with Crippen molar-refractivity contribution in [2.45, 2.75) is 52.4 Å². The van der Waals surface area contributed by atoms with Crippen molar-refractivity contribution >= 4 is 17.8 Å². The van der Waals surface area contributed by atoms with Crippen LogP contribution in [0.1, 0.15) is 39.7 Å². The lowest BCUT2D eigenvalue weighted by Crippen LogP contribution is -2.41. The minimum absolute atomic E-state index is 0.142. The predicted octanol–water partition coefficient (Wildman–Crippen LogP) is 1.84. The third-order valence-corrected chi connectivity index (χ3v) is 3.88. The van der Waals surface area contributed by atoms with Crippen LogP contribution < -0.4 is 15.5 Å². The van der Waals surface area contributed by atoms with Gasteiger partial charge >= 0.3 is 6.09 Å². The molecule has 0 spiro atoms. The van der Waals surface area contributed by atoms with Crippen molar-refractivity contribution in [1.29, 1.82) is 0 Å². The summed E-state index contributed by atoms with van der Waals surface area (Å²) in [5.74, 6) is 0.777. The topological polar surface area (TPSA) is 92.8 Å². The molecule has 150 valence electrons. The Morgan fingerprint density at radius 1 is 1.33 bits per heavy atom. The monoisotopic (exact) mass is 378 g/mol. The Hall–Kier alpha value is -2.35. The van der Waals surface area contributed by atoms with E-state index in [0.29, 0.717) is 13.2 Å². The van der Waals surface area contributed by atoms with E-state index in [4.69, 9.17) is 9.47 Å². The SMILES string of the molecule is C[C@H]1CN(c2ccc(CNC(=O)CCNC(=O)OC(C)(C)C)cn2)CCO1. The third-order valence-electron chi connectivity index (χ3n) is 3.88. The molecule has 0 aliphatic carbocycles. The highest BCUT2D eigenvalue weighted by molar-refractivity contribution is 5.77. The molecule has 1 aliphatic heterocycles. The number of nitrogens with one attached hydrogen (secondary N) is 2. The summed E-state index contributed by atoms with van der Waals surface area (Å²) >= 11 is 0. The normalized spacial score (nSPS) is 17.3. The average molecular weight is 378 g/mol. The summed E-state index contributed by atoms with van der Waals surface area (Å²) in [5.41, 5.74) is 0.374. The molecule has 1 fully saturated rings. The molecular formula is C19H30N4O4. The van der Waals surface area contributed by atoms with Crippen LogP contribution in [0, 0.1) is 0 Å². The van der Waals surface area contributed by atoms with Crippen LogP contribution in [0.25, 0.3) is 0 Å². The van der Waals surface area contributed by atoms with Crippen molar-refractivity contribution in [3.05, 3.63) is 23.9 Å². The number of hydrogen-bond donors (Lipinski definition) is 2. The largest absolute Gasteiger partial charge is 0.444 e. The maximum absolute atomic E-state index is 11.9. The van der Waals surface area contributed by atoms with E-state index in [0.717, 1.165) is 24.5 Å². The highest BCUT2D eigenvalue weighted by Gasteiger charge is 2.18. The molecule has 2 heterocycles. The molecule has 8 heteroatoms. The number of nitrogens with zero attached hydrogens (tertiary/aromatic N) is 2. The number of carbonyl (C=O) groups is 2. The summed E-state index contributed by atoms with van der Waals surface area (Å²) in [4.78, 5) is 30.1. The maximum Gasteiger partial charge on any atom is 0.407 e. The standard InChI is InChI=1S/C19H30N4O4/c1-14-13-23(9-10-26-14)16-6-5-15(11-21-16)12-22-17(24)7-8-20-18(25)27-19(2,3)4/h5-6,11,14H,7-10,12-13H2,1-4H3,(H,20,25)(H,22,24)/t14-/m0/s1. The Balaban J connectivity index is 1.68. The Labute approximate surface area is 160 Å². The lowest BCUT2D eigenvalue weighted by Gasteiger charge is -2.32. The van der Waals surface area contributed by atoms with Crippen molar-refractivity contribution in [2.75, 3.05) is 31.1 Å². The summed E-state index contributed by atoms with van der Waals surface area (Å²) in [6, 6.07) is 3.92. The Morgan fingerprint density at radius 2 is 2.11 bits per heavy atom. The van der Waals surface area contributed by atoms with Gasteiger partial charge in [-0.05, 0) is 39.3 Å². The molecule has 0 unspecified atom stereocenters. The first-order valence-electron chi connectivity index (χ1n) is 9.28. The highest BCUT2D eigenvalue weighted by Crippen LogP contribution is 2.15. The fraction of sp³-hybridized carbons (Fsp3) is 0.632. The Kier molecular flexibility index (Phi) is 7.41. The number of anilines is 1. The fourth-order valence-electron chi connectivity index (χ4n) is 2.62. The van der Waals surface area contributed by atoms with Crippen LogP contribution in [0.15, 0.2) is 18.3 Å². The molecule has 2 amide bonds. The van der Waals surface area contributed by atoms with Crippen LogP contribution in [-0.4, -0.2) is 54.9 Å². The van der Waals surface area contributed by atoms with E-state index in [9.17, 15) is 9.59 Å². The zero-order valence-corrected chi connectivity index (χ0v) is 16.6. The van der Waals surface area contributed by atoms with Crippen LogP contribution in [0.4, 0.5) is 10.6 Å². The van der Waals surface area contributed by atoms with Gasteiger partial charge < -0.3 is 25.0 Å². The van der Waals surface area contributed by atoms with Crippen molar-refractivity contribution in [1.82, 2.24) is 15.6 Å². The fourth-order valence-corrected chi connectivity index (χ4v) is 2.62. The van der Waals surface area contributed by atoms with E-state index in [2.05, 4.69) is 20.5 Å². The lowest BCUT2D eigenvalue weighted by molar-refractivity contribution is -0.121. The van der Waals surface area contributed by atoms with Crippen LogP contribution in [0.2, 0.25) is 0 Å². The average Bonchev–Trinajstić information content (AvgIpc) is 2.59. The van der Waals surface area contributed by atoms with Crippen molar-refractivity contribution in [3.8, 4) is 0 Å². The number of amides is 2. The van der Waals surface area contributed by atoms with Crippen LogP contribution in [-0.2, 0) is 20.8 Å². The second-order valence-corrected chi connectivity index (χ2v) is 7.61. The van der Waals surface area contributed by atoms with Crippen LogP contribution in [0.3, 0.4) is 0 Å². The smallest absolute Gasteiger partial charge is 0.407 e. The van der Waals surface area contributed by atoms with Gasteiger partial charge in [-0.25, -0.2) is 9.78 Å². The van der Waals surface area contributed by atoms with Gasteiger partial charge in [0.2, 0.25) is 5.91 Å². The van der Waals surface area contributed by atoms with Gasteiger partial charge in [-0.15, -0.1) is 0 Å². The van der Waals surface area contributed by atoms with Gasteiger partial charge in [0, 0.05) is 38.8 Å². The molecule has 1 aliphatic rings. The number of ether oxygens (including phenoxy) is 2. The van der Waals surface area contributed by atoms with E-state index < -0.39 is 11.7 Å². The molecule has 8 nitrogen and oxygen atoms in total. The number of rotatable bonds is 6. The van der Waals surface area contributed by atoms with E-state index in [1.54, 1.807) is 27.0 Å². The van der Waals surface area contributed by atoms with E-state index in [1.165, 1.54) is 0 Å². The number of alkyl carbamates (subject to hydrolysis) is 1. The summed E-state index contributed by atoms with van der Waals surface area (Å²) in [6.45, 7) is 10.4. The molecule has 1 saturated heterocycles. The summed E-state index contributed by atoms with van der Waals surface area (Å²) in [5, 5.41) is 5.39. The quantitative estimate of drug-likeness (QED) is 0.785. The van der Waals surface area contributed by atoms with Gasteiger partial charge in [-0.2, -0.15) is 0 Å². The van der Waals surface area contributed by atoms with Crippen molar-refractivity contribution in [3.63, 3.8) is 0 Å². The molecule has 1 aromatic rings. The van der Waals surface area contributed by atoms with Gasteiger partial charge in [-0.3, -0.25) is 4.79 Å². The molecular weight excluding hydrogens is 348 g/mol. The summed E-state index contributed by atoms with van der Waals surface area (Å²) < 4.78 is 10.7. The maximum atomic E-state index is 11.9. The minimum atomic E-state index is -0.551. The zero-order chi connectivity index (χ0) is 19.9.